The van der Waals surface area contributed by atoms with Crippen molar-refractivity contribution in [2.75, 3.05) is 21.2 Å². The van der Waals surface area contributed by atoms with E-state index in [1.54, 1.807) is 0 Å². The second-order valence-electron chi connectivity index (χ2n) is 18.1. The van der Waals surface area contributed by atoms with Gasteiger partial charge in [0, 0.05) is 46.9 Å². The Morgan fingerprint density at radius 1 is 0.517 bits per heavy atom. The van der Waals surface area contributed by atoms with E-state index in [9.17, 15) is 0 Å². The van der Waals surface area contributed by atoms with Gasteiger partial charge in [-0.25, -0.2) is 0 Å². The van der Waals surface area contributed by atoms with Crippen LogP contribution in [0.3, 0.4) is 0 Å². The summed E-state index contributed by atoms with van der Waals surface area (Å²) in [4.78, 5) is 4.65. The Labute approximate surface area is 361 Å². The molecule has 0 atom stereocenters. The fraction of sp³-hybridized carbons (Fsp3) is 0.308. The average molecular weight is 810 g/mol. The number of aryl methyl sites for hydroxylation is 1. The number of nitrogens with zero attached hydrogens (tertiary/aromatic N) is 3. The van der Waals surface area contributed by atoms with Crippen LogP contribution in [0.15, 0.2) is 157 Å². The summed E-state index contributed by atoms with van der Waals surface area (Å²) >= 11 is 1.32. The van der Waals surface area contributed by atoms with E-state index in [4.69, 9.17) is 4.18 Å². The van der Waals surface area contributed by atoms with Crippen LogP contribution in [0.2, 0.25) is 0 Å². The molecule has 0 amide bonds. The van der Waals surface area contributed by atoms with Gasteiger partial charge < -0.3 is 14.0 Å². The van der Waals surface area contributed by atoms with Crippen molar-refractivity contribution in [3.05, 3.63) is 174 Å². The molecular weight excluding hydrogens is 747 g/mol. The molecule has 0 N–H and O–H groups in total. The monoisotopic (exact) mass is 809 g/mol. The van der Waals surface area contributed by atoms with Gasteiger partial charge in [0.2, 0.25) is 0 Å². The molecule has 0 bridgehead atoms. The van der Waals surface area contributed by atoms with Crippen LogP contribution in [0.25, 0.3) is 0 Å². The van der Waals surface area contributed by atoms with Crippen molar-refractivity contribution in [1.82, 2.24) is 0 Å². The first-order valence-electron chi connectivity index (χ1n) is 20.3. The van der Waals surface area contributed by atoms with Gasteiger partial charge in [0.25, 0.3) is 0 Å². The molecule has 58 heavy (non-hydrogen) atoms. The molecule has 6 heteroatoms. The molecule has 0 radical (unpaired) electrons. The van der Waals surface area contributed by atoms with Gasteiger partial charge >= 0.3 is 0 Å². The van der Waals surface area contributed by atoms with Crippen molar-refractivity contribution < 1.29 is 4.18 Å². The van der Waals surface area contributed by atoms with Crippen LogP contribution < -0.4 is 18.3 Å². The van der Waals surface area contributed by atoms with Crippen molar-refractivity contribution in [3.63, 3.8) is 0 Å². The zero-order valence-corrected chi connectivity index (χ0v) is 38.2. The average Bonchev–Trinajstić information content (AvgIpc) is 3.45. The van der Waals surface area contributed by atoms with Crippen molar-refractivity contribution >= 4 is 59.8 Å². The summed E-state index contributed by atoms with van der Waals surface area (Å²) in [7, 11) is 2.04. The van der Waals surface area contributed by atoms with Crippen LogP contribution in [0, 0.1) is 5.41 Å². The molecule has 5 aromatic carbocycles. The predicted molar refractivity (Wildman–Crippen MR) is 259 cm³/mol. The minimum absolute atomic E-state index is 0. The highest BCUT2D eigenvalue weighted by Crippen LogP contribution is 2.39. The number of rotatable bonds is 11. The normalized spacial score (nSPS) is 13.2. The van der Waals surface area contributed by atoms with Crippen molar-refractivity contribution in [3.8, 4) is 5.75 Å². The lowest BCUT2D eigenvalue weighted by Gasteiger charge is -2.28. The van der Waals surface area contributed by atoms with Gasteiger partial charge in [-0.05, 0) is 143 Å². The standard InChI is InChI=1S/C52H61N3OS.H2S/c1-12-38-16-23-44(24-17-38)55(46-28-21-41(22-29-46)52(8,9)10)47-32-30-42(31-33-47)53(11)57-56-49-36-34-48(35-37-49)54(45-26-19-40(20-27-45)51(5,6)7)43-15-13-14-39(18-25-43)50(2,3)4;/h13,15-37H,12,14H2,1-11H3;1H2. The van der Waals surface area contributed by atoms with Crippen LogP contribution in [0.4, 0.5) is 34.1 Å². The molecule has 6 rings (SSSR count). The lowest BCUT2D eigenvalue weighted by atomic mass is 9.84. The first-order chi connectivity index (χ1) is 27.0. The highest BCUT2D eigenvalue weighted by atomic mass is 32.2. The van der Waals surface area contributed by atoms with Crippen LogP contribution in [0.5, 0.6) is 5.75 Å². The highest BCUT2D eigenvalue weighted by Gasteiger charge is 2.21. The summed E-state index contributed by atoms with van der Waals surface area (Å²) < 4.78 is 8.34. The fourth-order valence-electron chi connectivity index (χ4n) is 6.92. The molecule has 0 aromatic heterocycles. The Kier molecular flexibility index (Phi) is 14.1. The Hall–Kier alpha value is -4.78. The third-order valence-corrected chi connectivity index (χ3v) is 11.4. The molecule has 304 valence electrons. The summed E-state index contributed by atoms with van der Waals surface area (Å²) in [5.41, 5.74) is 13.4. The Bertz CT molecular complexity index is 2180. The molecule has 0 fully saturated rings. The van der Waals surface area contributed by atoms with Crippen molar-refractivity contribution in [2.45, 2.75) is 92.9 Å². The number of benzene rings is 5. The van der Waals surface area contributed by atoms with Crippen LogP contribution in [-0.2, 0) is 17.3 Å². The maximum Gasteiger partial charge on any atom is 0.179 e. The lowest BCUT2D eigenvalue weighted by Crippen LogP contribution is -2.16. The van der Waals surface area contributed by atoms with E-state index in [1.165, 1.54) is 34.5 Å². The summed E-state index contributed by atoms with van der Waals surface area (Å²) in [6.45, 7) is 22.6. The third-order valence-electron chi connectivity index (χ3n) is 10.7. The summed E-state index contributed by atoms with van der Waals surface area (Å²) in [6.07, 6.45) is 11.0. The van der Waals surface area contributed by atoms with E-state index in [1.807, 2.05) is 7.05 Å². The second-order valence-corrected chi connectivity index (χ2v) is 19.0. The van der Waals surface area contributed by atoms with Crippen LogP contribution in [0.1, 0.15) is 92.3 Å². The number of hydrogen-bond acceptors (Lipinski definition) is 5. The summed E-state index contributed by atoms with van der Waals surface area (Å²) in [5, 5.41) is 0. The second kappa shape index (κ2) is 18.4. The molecular formula is C52H63N3OS2. The molecule has 0 unspecified atom stereocenters. The number of allylic oxidation sites excluding steroid dienone is 5. The molecule has 0 saturated carbocycles. The third kappa shape index (κ3) is 10.8. The van der Waals surface area contributed by atoms with E-state index in [0.29, 0.717) is 0 Å². The Morgan fingerprint density at radius 3 is 1.38 bits per heavy atom. The first-order valence-corrected chi connectivity index (χ1v) is 21.0. The van der Waals surface area contributed by atoms with Gasteiger partial charge in [0.1, 0.15) is 5.75 Å². The Balaban J connectivity index is 0.00000641. The quantitative estimate of drug-likeness (QED) is 0.0974. The predicted octanol–water partition coefficient (Wildman–Crippen LogP) is 15.5. The number of anilines is 6. The smallest absolute Gasteiger partial charge is 0.179 e. The number of hydrogen-bond donors (Lipinski definition) is 0. The lowest BCUT2D eigenvalue weighted by molar-refractivity contribution is 0.494. The first kappa shape index (κ1) is 44.3. The minimum Gasteiger partial charge on any atom is -0.405 e. The molecule has 1 aliphatic rings. The fourth-order valence-corrected chi connectivity index (χ4v) is 7.44. The topological polar surface area (TPSA) is 19.0 Å². The van der Waals surface area contributed by atoms with Crippen molar-refractivity contribution in [2.24, 2.45) is 5.41 Å². The molecule has 0 aliphatic heterocycles. The summed E-state index contributed by atoms with van der Waals surface area (Å²) in [5.74, 6) is 0.788. The van der Waals surface area contributed by atoms with Gasteiger partial charge in [-0.15, -0.1) is 0 Å². The largest absolute Gasteiger partial charge is 0.405 e. The molecule has 5 aromatic rings. The van der Waals surface area contributed by atoms with E-state index >= 15 is 0 Å². The Morgan fingerprint density at radius 2 is 0.931 bits per heavy atom. The van der Waals surface area contributed by atoms with Crippen LogP contribution in [-0.4, -0.2) is 7.05 Å². The van der Waals surface area contributed by atoms with E-state index in [2.05, 4.69) is 229 Å². The van der Waals surface area contributed by atoms with Crippen LogP contribution >= 0.6 is 25.7 Å². The minimum atomic E-state index is 0. The highest BCUT2D eigenvalue weighted by molar-refractivity contribution is 7.96. The van der Waals surface area contributed by atoms with Gasteiger partial charge in [-0.2, -0.15) is 13.5 Å². The van der Waals surface area contributed by atoms with E-state index < -0.39 is 0 Å². The van der Waals surface area contributed by atoms with E-state index in [-0.39, 0.29) is 29.7 Å². The molecule has 0 heterocycles. The maximum atomic E-state index is 6.29. The van der Waals surface area contributed by atoms with Gasteiger partial charge in [0.05, 0.1) is 0 Å². The van der Waals surface area contributed by atoms with Gasteiger partial charge in [-0.3, -0.25) is 4.31 Å². The molecule has 4 nitrogen and oxygen atoms in total. The zero-order chi connectivity index (χ0) is 41.0. The summed E-state index contributed by atoms with van der Waals surface area (Å²) in [6, 6.07) is 43.9. The van der Waals surface area contributed by atoms with Crippen molar-refractivity contribution in [1.29, 1.82) is 0 Å². The molecule has 0 spiro atoms. The maximum absolute atomic E-state index is 6.29. The SMILES string of the molecule is CCc1ccc(N(c2ccc(N(C)SOc3ccc(N(C4=CC=C(C(C)(C)C)CC=C4)c4ccc(C(C)(C)C)cc4)cc3)cc2)c2ccc(C(C)(C)C)cc2)cc1.S. The van der Waals surface area contributed by atoms with Gasteiger partial charge in [-0.1, -0.05) is 123 Å². The molecule has 1 aliphatic carbocycles. The van der Waals surface area contributed by atoms with E-state index in [0.717, 1.165) is 58.4 Å². The van der Waals surface area contributed by atoms with Gasteiger partial charge in [0.15, 0.2) is 12.2 Å². The zero-order valence-electron chi connectivity index (χ0n) is 36.4. The molecule has 0 saturated heterocycles.